The SMILES string of the molecule is Cc1cc(C)cc(NC(=O)C(C)c2ccccc2)c1. The van der Waals surface area contributed by atoms with Gasteiger partial charge in [0.15, 0.2) is 0 Å². The maximum absolute atomic E-state index is 12.2. The number of anilines is 1. The third-order valence-electron chi connectivity index (χ3n) is 3.18. The molecule has 0 spiro atoms. The van der Waals surface area contributed by atoms with Crippen LogP contribution in [-0.4, -0.2) is 5.91 Å². The van der Waals surface area contributed by atoms with Gasteiger partial charge in [-0.3, -0.25) is 4.79 Å². The smallest absolute Gasteiger partial charge is 0.231 e. The molecule has 1 unspecified atom stereocenters. The fourth-order valence-electron chi connectivity index (χ4n) is 2.19. The molecule has 0 bridgehead atoms. The standard InChI is InChI=1S/C17H19NO/c1-12-9-13(2)11-16(10-12)18-17(19)14(3)15-7-5-4-6-8-15/h4-11,14H,1-3H3,(H,18,19). The third kappa shape index (κ3) is 3.44. The van der Waals surface area contributed by atoms with E-state index in [1.54, 1.807) is 0 Å². The lowest BCUT2D eigenvalue weighted by atomic mass is 10.0. The molecular formula is C17H19NO. The van der Waals surface area contributed by atoms with E-state index in [0.717, 1.165) is 22.4 Å². The third-order valence-corrected chi connectivity index (χ3v) is 3.18. The largest absolute Gasteiger partial charge is 0.326 e. The molecule has 2 aromatic rings. The highest BCUT2D eigenvalue weighted by molar-refractivity contribution is 5.95. The minimum absolute atomic E-state index is 0.0243. The summed E-state index contributed by atoms with van der Waals surface area (Å²) in [6.45, 7) is 5.99. The molecule has 1 atom stereocenters. The minimum atomic E-state index is -0.151. The maximum Gasteiger partial charge on any atom is 0.231 e. The zero-order valence-corrected chi connectivity index (χ0v) is 11.6. The first-order chi connectivity index (χ1) is 9.06. The Labute approximate surface area is 114 Å². The Hall–Kier alpha value is -2.09. The molecule has 1 N–H and O–H groups in total. The average molecular weight is 253 g/mol. The highest BCUT2D eigenvalue weighted by Crippen LogP contribution is 2.19. The van der Waals surface area contributed by atoms with Crippen molar-refractivity contribution in [3.05, 3.63) is 65.2 Å². The number of hydrogen-bond donors (Lipinski definition) is 1. The number of rotatable bonds is 3. The van der Waals surface area contributed by atoms with E-state index in [1.165, 1.54) is 0 Å². The normalized spacial score (nSPS) is 11.9. The summed E-state index contributed by atoms with van der Waals surface area (Å²) in [6.07, 6.45) is 0. The summed E-state index contributed by atoms with van der Waals surface area (Å²) >= 11 is 0. The number of nitrogens with one attached hydrogen (secondary N) is 1. The predicted octanol–water partition coefficient (Wildman–Crippen LogP) is 4.05. The molecule has 98 valence electrons. The average Bonchev–Trinajstić information content (AvgIpc) is 2.37. The molecule has 0 saturated carbocycles. The molecule has 2 rings (SSSR count). The van der Waals surface area contributed by atoms with Crippen molar-refractivity contribution >= 4 is 11.6 Å². The topological polar surface area (TPSA) is 29.1 Å². The first-order valence-electron chi connectivity index (χ1n) is 6.50. The molecule has 2 nitrogen and oxygen atoms in total. The molecule has 19 heavy (non-hydrogen) atoms. The van der Waals surface area contributed by atoms with E-state index in [0.29, 0.717) is 0 Å². The van der Waals surface area contributed by atoms with E-state index in [1.807, 2.05) is 63.2 Å². The number of benzene rings is 2. The van der Waals surface area contributed by atoms with Gasteiger partial charge in [0.25, 0.3) is 0 Å². The minimum Gasteiger partial charge on any atom is -0.326 e. The number of hydrogen-bond acceptors (Lipinski definition) is 1. The van der Waals surface area contributed by atoms with Crippen molar-refractivity contribution in [2.75, 3.05) is 5.32 Å². The zero-order valence-electron chi connectivity index (χ0n) is 11.6. The highest BCUT2D eigenvalue weighted by atomic mass is 16.1. The van der Waals surface area contributed by atoms with Crippen molar-refractivity contribution < 1.29 is 4.79 Å². The molecule has 0 saturated heterocycles. The number of amides is 1. The van der Waals surface area contributed by atoms with Crippen LogP contribution < -0.4 is 5.32 Å². The van der Waals surface area contributed by atoms with Crippen LogP contribution in [0, 0.1) is 13.8 Å². The highest BCUT2D eigenvalue weighted by Gasteiger charge is 2.14. The van der Waals surface area contributed by atoms with Crippen molar-refractivity contribution in [2.45, 2.75) is 26.7 Å². The summed E-state index contributed by atoms with van der Waals surface area (Å²) in [7, 11) is 0. The predicted molar refractivity (Wildman–Crippen MR) is 79.4 cm³/mol. The monoisotopic (exact) mass is 253 g/mol. The van der Waals surface area contributed by atoms with Crippen molar-refractivity contribution in [2.24, 2.45) is 0 Å². The van der Waals surface area contributed by atoms with Crippen LogP contribution in [0.3, 0.4) is 0 Å². The van der Waals surface area contributed by atoms with E-state index >= 15 is 0 Å². The van der Waals surface area contributed by atoms with Crippen molar-refractivity contribution in [1.82, 2.24) is 0 Å². The molecule has 0 heterocycles. The van der Waals surface area contributed by atoms with Crippen LogP contribution >= 0.6 is 0 Å². The van der Waals surface area contributed by atoms with Crippen LogP contribution in [0.5, 0.6) is 0 Å². The van der Waals surface area contributed by atoms with E-state index in [9.17, 15) is 4.79 Å². The van der Waals surface area contributed by atoms with Crippen molar-refractivity contribution in [1.29, 1.82) is 0 Å². The van der Waals surface area contributed by atoms with E-state index in [2.05, 4.69) is 11.4 Å². The summed E-state index contributed by atoms with van der Waals surface area (Å²) in [4.78, 5) is 12.2. The van der Waals surface area contributed by atoms with Gasteiger partial charge < -0.3 is 5.32 Å². The Morgan fingerprint density at radius 3 is 2.16 bits per heavy atom. The van der Waals surface area contributed by atoms with Gasteiger partial charge in [0.1, 0.15) is 0 Å². The molecular weight excluding hydrogens is 234 g/mol. The molecule has 0 aliphatic heterocycles. The van der Waals surface area contributed by atoms with Gasteiger partial charge in [0.05, 0.1) is 5.92 Å². The second kappa shape index (κ2) is 5.70. The van der Waals surface area contributed by atoms with Gasteiger partial charge in [0.2, 0.25) is 5.91 Å². The molecule has 0 aliphatic carbocycles. The lowest BCUT2D eigenvalue weighted by Crippen LogP contribution is -2.18. The molecule has 1 amide bonds. The summed E-state index contributed by atoms with van der Waals surface area (Å²) in [5.41, 5.74) is 4.21. The fourth-order valence-corrected chi connectivity index (χ4v) is 2.19. The van der Waals surface area contributed by atoms with Gasteiger partial charge in [-0.05, 0) is 49.6 Å². The van der Waals surface area contributed by atoms with E-state index in [4.69, 9.17) is 0 Å². The van der Waals surface area contributed by atoms with Gasteiger partial charge in [-0.25, -0.2) is 0 Å². The Balaban J connectivity index is 2.13. The van der Waals surface area contributed by atoms with Crippen LogP contribution in [0.2, 0.25) is 0 Å². The molecule has 2 aromatic carbocycles. The summed E-state index contributed by atoms with van der Waals surface area (Å²) in [5, 5.41) is 2.98. The number of carbonyl (C=O) groups is 1. The molecule has 0 aliphatic rings. The summed E-state index contributed by atoms with van der Waals surface area (Å²) < 4.78 is 0. The van der Waals surface area contributed by atoms with Crippen LogP contribution in [0.1, 0.15) is 29.5 Å². The van der Waals surface area contributed by atoms with Crippen LogP contribution in [0.4, 0.5) is 5.69 Å². The van der Waals surface area contributed by atoms with E-state index in [-0.39, 0.29) is 11.8 Å². The van der Waals surface area contributed by atoms with E-state index < -0.39 is 0 Å². The molecule has 0 radical (unpaired) electrons. The summed E-state index contributed by atoms with van der Waals surface area (Å²) in [5.74, 6) is -0.127. The van der Waals surface area contributed by atoms with Gasteiger partial charge in [-0.1, -0.05) is 36.4 Å². The van der Waals surface area contributed by atoms with Crippen LogP contribution in [0.15, 0.2) is 48.5 Å². The Kier molecular flexibility index (Phi) is 4.00. The molecule has 0 fully saturated rings. The van der Waals surface area contributed by atoms with Crippen molar-refractivity contribution in [3.63, 3.8) is 0 Å². The van der Waals surface area contributed by atoms with Crippen LogP contribution in [-0.2, 0) is 4.79 Å². The quantitative estimate of drug-likeness (QED) is 0.878. The van der Waals surface area contributed by atoms with Crippen molar-refractivity contribution in [3.8, 4) is 0 Å². The molecule has 0 aromatic heterocycles. The second-order valence-corrected chi connectivity index (χ2v) is 5.00. The lowest BCUT2D eigenvalue weighted by Gasteiger charge is -2.13. The lowest BCUT2D eigenvalue weighted by molar-refractivity contribution is -0.117. The first-order valence-corrected chi connectivity index (χ1v) is 6.50. The zero-order chi connectivity index (χ0) is 13.8. The summed E-state index contributed by atoms with van der Waals surface area (Å²) in [6, 6.07) is 15.9. The number of carbonyl (C=O) groups excluding carboxylic acids is 1. The Morgan fingerprint density at radius 1 is 1.00 bits per heavy atom. The van der Waals surface area contributed by atoms with Crippen LogP contribution in [0.25, 0.3) is 0 Å². The Bertz CT molecular complexity index is 555. The first kappa shape index (κ1) is 13.3. The molecule has 2 heteroatoms. The number of aryl methyl sites for hydroxylation is 2. The van der Waals surface area contributed by atoms with Gasteiger partial charge in [0, 0.05) is 5.69 Å². The van der Waals surface area contributed by atoms with Gasteiger partial charge in [-0.15, -0.1) is 0 Å². The van der Waals surface area contributed by atoms with Gasteiger partial charge in [-0.2, -0.15) is 0 Å². The Morgan fingerprint density at radius 2 is 1.58 bits per heavy atom. The fraction of sp³-hybridized carbons (Fsp3) is 0.235. The van der Waals surface area contributed by atoms with Gasteiger partial charge >= 0.3 is 0 Å². The second-order valence-electron chi connectivity index (χ2n) is 5.00. The maximum atomic E-state index is 12.2.